The molecule has 2 aromatic rings. The highest BCUT2D eigenvalue weighted by Gasteiger charge is 2.43. The number of benzene rings is 1. The molecule has 3 rings (SSSR count). The molecule has 0 saturated carbocycles. The van der Waals surface area contributed by atoms with E-state index in [0.29, 0.717) is 23.9 Å². The van der Waals surface area contributed by atoms with Gasteiger partial charge in [-0.3, -0.25) is 9.69 Å². The first-order chi connectivity index (χ1) is 11.5. The summed E-state index contributed by atoms with van der Waals surface area (Å²) < 4.78 is 5.49. The first kappa shape index (κ1) is 16.6. The fourth-order valence-electron chi connectivity index (χ4n) is 2.44. The van der Waals surface area contributed by atoms with E-state index in [-0.39, 0.29) is 11.9 Å². The molecule has 126 valence electrons. The highest BCUT2D eigenvalue weighted by atomic mass is 32.2. The van der Waals surface area contributed by atoms with Crippen molar-refractivity contribution in [2.45, 2.75) is 25.1 Å². The van der Waals surface area contributed by atoms with E-state index in [0.717, 1.165) is 11.3 Å². The summed E-state index contributed by atoms with van der Waals surface area (Å²) in [5.74, 6) is 1.74. The molecule has 6 nitrogen and oxygen atoms in total. The Labute approximate surface area is 144 Å². The Morgan fingerprint density at radius 3 is 2.67 bits per heavy atom. The van der Waals surface area contributed by atoms with Crippen LogP contribution in [0.3, 0.4) is 0 Å². The molecule has 1 aromatic heterocycles. The number of imide groups is 1. The molecule has 0 aliphatic carbocycles. The highest BCUT2D eigenvalue weighted by molar-refractivity contribution is 7.98. The van der Waals surface area contributed by atoms with Crippen molar-refractivity contribution in [2.75, 3.05) is 12.3 Å². The first-order valence-electron chi connectivity index (χ1n) is 7.69. The van der Waals surface area contributed by atoms with Gasteiger partial charge in [-0.15, -0.1) is 0 Å². The number of carbonyl (C=O) groups is 2. The zero-order valence-electron chi connectivity index (χ0n) is 13.6. The number of amides is 3. The molecule has 0 bridgehead atoms. The standard InChI is InChI=1S/C17H19N3O3S/c1-17(2)15(21)20(16(22)19-17)8-9-24-11-13-10-23-14(18-13)12-6-4-3-5-7-12/h3-7,10H,8-9,11H2,1-2H3,(H,19,22). The van der Waals surface area contributed by atoms with E-state index in [1.807, 2.05) is 30.3 Å². The Kier molecular flexibility index (Phi) is 4.62. The van der Waals surface area contributed by atoms with Gasteiger partial charge in [0.2, 0.25) is 5.89 Å². The molecular weight excluding hydrogens is 326 g/mol. The molecule has 0 spiro atoms. The lowest BCUT2D eigenvalue weighted by atomic mass is 10.1. The van der Waals surface area contributed by atoms with Crippen molar-refractivity contribution in [1.82, 2.24) is 15.2 Å². The summed E-state index contributed by atoms with van der Waals surface area (Å²) in [5.41, 5.74) is 0.977. The Bertz CT molecular complexity index is 743. The van der Waals surface area contributed by atoms with Gasteiger partial charge in [0.15, 0.2) is 0 Å². The summed E-state index contributed by atoms with van der Waals surface area (Å²) in [4.78, 5) is 29.6. The van der Waals surface area contributed by atoms with Crippen LogP contribution in [-0.4, -0.2) is 39.7 Å². The lowest BCUT2D eigenvalue weighted by Crippen LogP contribution is -2.40. The Hall–Kier alpha value is -2.28. The zero-order valence-corrected chi connectivity index (χ0v) is 14.4. The molecule has 1 aliphatic heterocycles. The third-order valence-corrected chi connectivity index (χ3v) is 4.70. The van der Waals surface area contributed by atoms with Crippen LogP contribution in [0.4, 0.5) is 4.79 Å². The van der Waals surface area contributed by atoms with Crippen LogP contribution in [-0.2, 0) is 10.5 Å². The number of carbonyl (C=O) groups excluding carboxylic acids is 2. The molecule has 1 N–H and O–H groups in total. The quantitative estimate of drug-likeness (QED) is 0.643. The van der Waals surface area contributed by atoms with E-state index >= 15 is 0 Å². The molecule has 0 radical (unpaired) electrons. The molecule has 1 aliphatic rings. The van der Waals surface area contributed by atoms with Crippen molar-refractivity contribution in [3.8, 4) is 11.5 Å². The minimum Gasteiger partial charge on any atom is -0.444 e. The lowest BCUT2D eigenvalue weighted by molar-refractivity contribution is -0.130. The molecule has 2 heterocycles. The van der Waals surface area contributed by atoms with Crippen LogP contribution in [0.25, 0.3) is 11.5 Å². The average Bonchev–Trinajstić information content (AvgIpc) is 3.10. The number of oxazole rings is 1. The molecule has 1 aromatic carbocycles. The molecule has 24 heavy (non-hydrogen) atoms. The van der Waals surface area contributed by atoms with Gasteiger partial charge in [0.25, 0.3) is 5.91 Å². The van der Waals surface area contributed by atoms with Crippen LogP contribution in [0.15, 0.2) is 41.0 Å². The SMILES string of the molecule is CC1(C)NC(=O)N(CCSCc2coc(-c3ccccc3)n2)C1=O. The molecule has 0 atom stereocenters. The topological polar surface area (TPSA) is 75.4 Å². The number of nitrogens with zero attached hydrogens (tertiary/aromatic N) is 2. The molecular formula is C17H19N3O3S. The predicted octanol–water partition coefficient (Wildman–Crippen LogP) is 2.91. The van der Waals surface area contributed by atoms with Gasteiger partial charge in [0.1, 0.15) is 11.8 Å². The third-order valence-electron chi connectivity index (χ3n) is 3.73. The zero-order chi connectivity index (χ0) is 17.2. The van der Waals surface area contributed by atoms with E-state index in [2.05, 4.69) is 10.3 Å². The summed E-state index contributed by atoms with van der Waals surface area (Å²) in [6, 6.07) is 9.39. The van der Waals surface area contributed by atoms with Crippen LogP contribution in [0, 0.1) is 0 Å². The van der Waals surface area contributed by atoms with E-state index in [1.165, 1.54) is 4.90 Å². The minimum absolute atomic E-state index is 0.180. The molecule has 3 amide bonds. The molecule has 7 heteroatoms. The van der Waals surface area contributed by atoms with Crippen LogP contribution in [0.1, 0.15) is 19.5 Å². The Balaban J connectivity index is 1.49. The summed E-state index contributed by atoms with van der Waals surface area (Å²) in [6.07, 6.45) is 1.64. The van der Waals surface area contributed by atoms with Gasteiger partial charge in [-0.2, -0.15) is 11.8 Å². The number of nitrogens with one attached hydrogen (secondary N) is 1. The maximum Gasteiger partial charge on any atom is 0.325 e. The second-order valence-electron chi connectivity index (χ2n) is 6.07. The maximum absolute atomic E-state index is 12.1. The average molecular weight is 345 g/mol. The number of rotatable bonds is 6. The normalized spacial score (nSPS) is 16.5. The minimum atomic E-state index is -0.807. The van der Waals surface area contributed by atoms with Gasteiger partial charge in [0.05, 0.1) is 5.69 Å². The van der Waals surface area contributed by atoms with Crippen molar-refractivity contribution < 1.29 is 14.0 Å². The van der Waals surface area contributed by atoms with Crippen LogP contribution in [0.5, 0.6) is 0 Å². The molecule has 1 saturated heterocycles. The van der Waals surface area contributed by atoms with Gasteiger partial charge in [0, 0.05) is 23.6 Å². The van der Waals surface area contributed by atoms with Crippen molar-refractivity contribution in [3.05, 3.63) is 42.3 Å². The van der Waals surface area contributed by atoms with Crippen LogP contribution >= 0.6 is 11.8 Å². The summed E-state index contributed by atoms with van der Waals surface area (Å²) >= 11 is 1.61. The van der Waals surface area contributed by atoms with Gasteiger partial charge < -0.3 is 9.73 Å². The molecule has 0 unspecified atom stereocenters. The van der Waals surface area contributed by atoms with E-state index in [9.17, 15) is 9.59 Å². The summed E-state index contributed by atoms with van der Waals surface area (Å²) in [5, 5.41) is 2.67. The molecule has 1 fully saturated rings. The van der Waals surface area contributed by atoms with Gasteiger partial charge in [-0.25, -0.2) is 9.78 Å². The number of hydrogen-bond donors (Lipinski definition) is 1. The lowest BCUT2D eigenvalue weighted by Gasteiger charge is -2.15. The second-order valence-corrected chi connectivity index (χ2v) is 7.18. The van der Waals surface area contributed by atoms with Gasteiger partial charge in [-0.1, -0.05) is 18.2 Å². The highest BCUT2D eigenvalue weighted by Crippen LogP contribution is 2.21. The fraction of sp³-hybridized carbons (Fsp3) is 0.353. The summed E-state index contributed by atoms with van der Waals surface area (Å²) in [6.45, 7) is 3.81. The largest absolute Gasteiger partial charge is 0.444 e. The Morgan fingerprint density at radius 2 is 2.00 bits per heavy atom. The third kappa shape index (κ3) is 3.46. The smallest absolute Gasteiger partial charge is 0.325 e. The van der Waals surface area contributed by atoms with Gasteiger partial charge >= 0.3 is 6.03 Å². The second kappa shape index (κ2) is 6.68. The van der Waals surface area contributed by atoms with Crippen molar-refractivity contribution in [1.29, 1.82) is 0 Å². The van der Waals surface area contributed by atoms with Crippen LogP contribution in [0.2, 0.25) is 0 Å². The van der Waals surface area contributed by atoms with E-state index < -0.39 is 5.54 Å². The van der Waals surface area contributed by atoms with E-state index in [4.69, 9.17) is 4.42 Å². The number of aromatic nitrogens is 1. The van der Waals surface area contributed by atoms with Crippen molar-refractivity contribution in [3.63, 3.8) is 0 Å². The fourth-order valence-corrected chi connectivity index (χ4v) is 3.24. The maximum atomic E-state index is 12.1. The van der Waals surface area contributed by atoms with Crippen molar-refractivity contribution >= 4 is 23.7 Å². The monoisotopic (exact) mass is 345 g/mol. The van der Waals surface area contributed by atoms with Crippen molar-refractivity contribution in [2.24, 2.45) is 0 Å². The number of hydrogen-bond acceptors (Lipinski definition) is 5. The van der Waals surface area contributed by atoms with E-state index in [1.54, 1.807) is 31.9 Å². The number of thioether (sulfide) groups is 1. The Morgan fingerprint density at radius 1 is 1.25 bits per heavy atom. The number of urea groups is 1. The van der Waals surface area contributed by atoms with Gasteiger partial charge in [-0.05, 0) is 26.0 Å². The summed E-state index contributed by atoms with van der Waals surface area (Å²) in [7, 11) is 0. The first-order valence-corrected chi connectivity index (χ1v) is 8.84. The van der Waals surface area contributed by atoms with Crippen LogP contribution < -0.4 is 5.32 Å². The predicted molar refractivity (Wildman–Crippen MR) is 92.4 cm³/mol.